The second-order valence-electron chi connectivity index (χ2n) is 3.23. The number of carbonyl (C=O) groups excluding carboxylic acids is 1. The summed E-state index contributed by atoms with van der Waals surface area (Å²) in [5, 5.41) is 51.8. The fourth-order valence-corrected chi connectivity index (χ4v) is 1.07. The van der Waals surface area contributed by atoms with Gasteiger partial charge in [-0.2, -0.15) is 0 Å². The maximum Gasteiger partial charge on any atom is 0.335 e. The van der Waals surface area contributed by atoms with Crippen LogP contribution in [0.5, 0.6) is 0 Å². The molecule has 1 fully saturated rings. The van der Waals surface area contributed by atoms with E-state index in [1.807, 2.05) is 0 Å². The number of carboxylic acid groups (broad SMARTS) is 1. The Morgan fingerprint density at radius 1 is 1.06 bits per heavy atom. The van der Waals surface area contributed by atoms with E-state index in [1.165, 1.54) is 5.48 Å². The molecule has 1 rings (SSSR count). The number of hydroxylamine groups is 1. The molecule has 0 aromatic heterocycles. The van der Waals surface area contributed by atoms with Crippen molar-refractivity contribution in [3.8, 4) is 0 Å². The van der Waals surface area contributed by atoms with Crippen LogP contribution in [0.25, 0.3) is 0 Å². The maximum atomic E-state index is 10.4. The molecule has 0 aromatic carbocycles. The molecule has 0 radical (unpaired) electrons. The van der Waals surface area contributed by atoms with Gasteiger partial charge in [0.05, 0.1) is 0 Å². The maximum absolute atomic E-state index is 10.4. The Morgan fingerprint density at radius 3 is 1.83 bits per heavy atom. The van der Waals surface area contributed by atoms with Crippen molar-refractivity contribution in [1.82, 2.24) is 5.48 Å². The van der Waals surface area contributed by atoms with E-state index in [9.17, 15) is 9.59 Å². The van der Waals surface area contributed by atoms with Crippen LogP contribution in [0, 0.1) is 0 Å². The van der Waals surface area contributed by atoms with Gasteiger partial charge in [-0.25, -0.2) is 15.1 Å². The number of nitrogens with one attached hydrogen (secondary N) is 1. The van der Waals surface area contributed by atoms with Gasteiger partial charge in [0.1, 0.15) is 18.3 Å². The molecule has 2 amide bonds. The van der Waals surface area contributed by atoms with Gasteiger partial charge in [-0.3, -0.25) is 5.21 Å². The van der Waals surface area contributed by atoms with Crippen LogP contribution in [0.3, 0.4) is 0 Å². The summed E-state index contributed by atoms with van der Waals surface area (Å²) >= 11 is 0. The first kappa shape index (κ1) is 16.5. The number of urea groups is 1. The third-order valence-electron chi connectivity index (χ3n) is 1.94. The van der Waals surface area contributed by atoms with E-state index < -0.39 is 42.7 Å². The predicted molar refractivity (Wildman–Crippen MR) is 51.0 cm³/mol. The molecule has 106 valence electrons. The van der Waals surface area contributed by atoms with Gasteiger partial charge in [-0.05, 0) is 0 Å². The lowest BCUT2D eigenvalue weighted by atomic mass is 9.99. The zero-order chi connectivity index (χ0) is 14.5. The first-order valence-corrected chi connectivity index (χ1v) is 4.52. The molecular formula is C7H14N2O9. The first-order chi connectivity index (χ1) is 8.22. The van der Waals surface area contributed by atoms with Gasteiger partial charge < -0.3 is 36.0 Å². The highest BCUT2D eigenvalue weighted by Gasteiger charge is 2.46. The molecule has 0 bridgehead atoms. The average molecular weight is 270 g/mol. The van der Waals surface area contributed by atoms with Crippen LogP contribution in [-0.2, 0) is 9.53 Å². The molecule has 1 heterocycles. The van der Waals surface area contributed by atoms with Crippen molar-refractivity contribution in [1.29, 1.82) is 0 Å². The number of primary amides is 1. The molecule has 0 aliphatic carbocycles. The van der Waals surface area contributed by atoms with E-state index in [0.29, 0.717) is 0 Å². The SMILES string of the molecule is NC(=O)NO.O=C(O)[C@H]1O[C@@H](O)[C@H](O)[C@@H](O)[C@@H]1O. The third-order valence-corrected chi connectivity index (χ3v) is 1.94. The Bertz CT molecular complexity index is 299. The first-order valence-electron chi connectivity index (χ1n) is 4.52. The minimum absolute atomic E-state index is 0.940. The van der Waals surface area contributed by atoms with Crippen LogP contribution in [0.15, 0.2) is 0 Å². The number of carboxylic acids is 1. The molecule has 0 unspecified atom stereocenters. The minimum Gasteiger partial charge on any atom is -0.479 e. The van der Waals surface area contributed by atoms with Crippen LogP contribution in [-0.4, -0.2) is 73.4 Å². The molecule has 11 nitrogen and oxygen atoms in total. The molecule has 0 spiro atoms. The van der Waals surface area contributed by atoms with Crippen molar-refractivity contribution < 1.29 is 45.1 Å². The second kappa shape index (κ2) is 7.05. The summed E-state index contributed by atoms with van der Waals surface area (Å²) < 4.78 is 4.34. The van der Waals surface area contributed by atoms with Gasteiger partial charge in [0, 0.05) is 0 Å². The number of amides is 2. The molecule has 1 aliphatic heterocycles. The standard InChI is InChI=1S/C6H10O7.CH4N2O2/c7-1-2(8)4(5(10)11)13-6(12)3(1)9;2-1(4)3-5/h1-4,6-9,12H,(H,10,11);5H,(H3,2,3,4)/t1-,2-,3+,4-,6+;/m0./s1. The van der Waals surface area contributed by atoms with E-state index in [0.717, 1.165) is 0 Å². The molecule has 18 heavy (non-hydrogen) atoms. The van der Waals surface area contributed by atoms with Crippen molar-refractivity contribution in [3.05, 3.63) is 0 Å². The quantitative estimate of drug-likeness (QED) is 0.172. The number of nitrogens with two attached hydrogens (primary N) is 1. The van der Waals surface area contributed by atoms with Crippen LogP contribution < -0.4 is 11.2 Å². The van der Waals surface area contributed by atoms with E-state index in [-0.39, 0.29) is 0 Å². The lowest BCUT2D eigenvalue weighted by Crippen LogP contribution is -2.59. The van der Waals surface area contributed by atoms with Gasteiger partial charge in [0.25, 0.3) is 0 Å². The summed E-state index contributed by atoms with van der Waals surface area (Å²) in [5.74, 6) is -1.52. The second-order valence-corrected chi connectivity index (χ2v) is 3.23. The van der Waals surface area contributed by atoms with Crippen molar-refractivity contribution in [2.45, 2.75) is 30.7 Å². The summed E-state index contributed by atoms with van der Waals surface area (Å²) in [6, 6.07) is -0.940. The van der Waals surface area contributed by atoms with E-state index in [1.54, 1.807) is 0 Å². The number of hydrogen-bond donors (Lipinski definition) is 8. The van der Waals surface area contributed by atoms with Crippen molar-refractivity contribution in [3.63, 3.8) is 0 Å². The van der Waals surface area contributed by atoms with E-state index >= 15 is 0 Å². The zero-order valence-corrected chi connectivity index (χ0v) is 8.87. The highest BCUT2D eigenvalue weighted by molar-refractivity contribution is 5.73. The van der Waals surface area contributed by atoms with Crippen LogP contribution in [0.2, 0.25) is 0 Å². The summed E-state index contributed by atoms with van der Waals surface area (Å²) in [4.78, 5) is 19.6. The summed E-state index contributed by atoms with van der Waals surface area (Å²) in [6.07, 6.45) is -8.72. The van der Waals surface area contributed by atoms with Crippen LogP contribution >= 0.6 is 0 Å². The van der Waals surface area contributed by atoms with Gasteiger partial charge in [0.15, 0.2) is 12.4 Å². The fourth-order valence-electron chi connectivity index (χ4n) is 1.07. The molecule has 11 heteroatoms. The highest BCUT2D eigenvalue weighted by Crippen LogP contribution is 2.19. The number of carbonyl (C=O) groups is 2. The number of aliphatic hydroxyl groups excluding tert-OH is 4. The lowest BCUT2D eigenvalue weighted by Gasteiger charge is -2.36. The average Bonchev–Trinajstić information content (AvgIpc) is 2.31. The number of hydrogen-bond acceptors (Lipinski definition) is 8. The Morgan fingerprint density at radius 2 is 1.50 bits per heavy atom. The summed E-state index contributed by atoms with van der Waals surface area (Å²) in [5.41, 5.74) is 5.46. The monoisotopic (exact) mass is 270 g/mol. The Kier molecular flexibility index (Phi) is 6.46. The number of rotatable bonds is 1. The Hall–Kier alpha value is -1.50. The normalized spacial score (nSPS) is 35.1. The van der Waals surface area contributed by atoms with Gasteiger partial charge in [-0.15, -0.1) is 0 Å². The summed E-state index contributed by atoms with van der Waals surface area (Å²) in [7, 11) is 0. The molecule has 0 saturated carbocycles. The smallest absolute Gasteiger partial charge is 0.335 e. The van der Waals surface area contributed by atoms with Gasteiger partial charge in [0.2, 0.25) is 0 Å². The Balaban J connectivity index is 0.000000494. The zero-order valence-electron chi connectivity index (χ0n) is 8.87. The fraction of sp³-hybridized carbons (Fsp3) is 0.714. The van der Waals surface area contributed by atoms with Gasteiger partial charge >= 0.3 is 12.0 Å². The number of ether oxygens (including phenoxy) is 1. The molecule has 1 aliphatic rings. The number of aliphatic carboxylic acids is 1. The summed E-state index contributed by atoms with van der Waals surface area (Å²) in [6.45, 7) is 0. The van der Waals surface area contributed by atoms with Crippen LogP contribution in [0.4, 0.5) is 4.79 Å². The molecule has 5 atom stereocenters. The predicted octanol–water partition coefficient (Wildman–Crippen LogP) is -4.09. The molecular weight excluding hydrogens is 256 g/mol. The third kappa shape index (κ3) is 4.40. The largest absolute Gasteiger partial charge is 0.479 e. The Labute approximate surface area is 100.0 Å². The minimum atomic E-state index is -1.81. The lowest BCUT2D eigenvalue weighted by molar-refractivity contribution is -0.279. The number of aliphatic hydroxyl groups is 4. The molecule has 9 N–H and O–H groups in total. The highest BCUT2D eigenvalue weighted by atomic mass is 16.6. The van der Waals surface area contributed by atoms with Crippen molar-refractivity contribution >= 4 is 12.0 Å². The van der Waals surface area contributed by atoms with Crippen molar-refractivity contribution in [2.24, 2.45) is 5.73 Å². The van der Waals surface area contributed by atoms with Gasteiger partial charge in [-0.1, -0.05) is 0 Å². The van der Waals surface area contributed by atoms with Crippen LogP contribution in [0.1, 0.15) is 0 Å². The molecule has 1 saturated heterocycles. The topological polar surface area (TPSA) is 203 Å². The molecule has 0 aromatic rings. The van der Waals surface area contributed by atoms with E-state index in [4.69, 9.17) is 30.7 Å². The van der Waals surface area contributed by atoms with Crippen molar-refractivity contribution in [2.75, 3.05) is 0 Å². The van der Waals surface area contributed by atoms with E-state index in [2.05, 4.69) is 10.5 Å².